The Bertz CT molecular complexity index is 586. The minimum absolute atomic E-state index is 0.184. The summed E-state index contributed by atoms with van der Waals surface area (Å²) in [5.41, 5.74) is 2.42. The molecule has 0 aliphatic rings. The number of nitrogens with one attached hydrogen (secondary N) is 2. The second-order valence-corrected chi connectivity index (χ2v) is 4.89. The number of anilines is 1. The second kappa shape index (κ2) is 7.50. The number of nitrogens with zero attached hydrogens (tertiary/aromatic N) is 2. The monoisotopic (exact) mass is 284 g/mol. The van der Waals surface area contributed by atoms with Crippen LogP contribution in [-0.2, 0) is 0 Å². The fourth-order valence-electron chi connectivity index (χ4n) is 1.99. The zero-order valence-corrected chi connectivity index (χ0v) is 12.3. The van der Waals surface area contributed by atoms with Gasteiger partial charge in [-0.2, -0.15) is 10.2 Å². The Kier molecular flexibility index (Phi) is 5.40. The first-order valence-electron chi connectivity index (χ1n) is 7.12. The minimum atomic E-state index is -0.184. The lowest BCUT2D eigenvalue weighted by Crippen LogP contribution is -2.19. The van der Waals surface area contributed by atoms with Crippen LogP contribution < -0.4 is 10.6 Å². The molecule has 5 heteroatoms. The number of carbonyl (C=O) groups excluding carboxylic acids is 1. The van der Waals surface area contributed by atoms with Crippen LogP contribution >= 0.6 is 0 Å². The number of aromatic nitrogens is 2. The maximum absolute atomic E-state index is 12.1. The Morgan fingerprint density at radius 1 is 1.29 bits per heavy atom. The van der Waals surface area contributed by atoms with Crippen LogP contribution in [0.4, 0.5) is 5.69 Å². The van der Waals surface area contributed by atoms with Crippen LogP contribution in [0.1, 0.15) is 42.2 Å². The Morgan fingerprint density at radius 3 is 2.86 bits per heavy atom. The molecule has 0 saturated carbocycles. The Labute approximate surface area is 124 Å². The van der Waals surface area contributed by atoms with Crippen molar-refractivity contribution in [2.24, 2.45) is 0 Å². The van der Waals surface area contributed by atoms with Crippen LogP contribution in [0.25, 0.3) is 0 Å². The molecule has 2 N–H and O–H groups in total. The van der Waals surface area contributed by atoms with Gasteiger partial charge < -0.3 is 10.6 Å². The van der Waals surface area contributed by atoms with Crippen LogP contribution in [0.15, 0.2) is 42.7 Å². The van der Waals surface area contributed by atoms with E-state index in [0.29, 0.717) is 5.56 Å². The number of carbonyl (C=O) groups is 1. The quantitative estimate of drug-likeness (QED) is 0.856. The van der Waals surface area contributed by atoms with E-state index in [0.717, 1.165) is 24.2 Å². The summed E-state index contributed by atoms with van der Waals surface area (Å²) in [4.78, 5) is 12.1. The average Bonchev–Trinajstić information content (AvgIpc) is 2.53. The summed E-state index contributed by atoms with van der Waals surface area (Å²) < 4.78 is 0. The number of rotatable bonds is 6. The lowest BCUT2D eigenvalue weighted by Gasteiger charge is -2.15. The molecule has 0 saturated heterocycles. The molecular formula is C16H20N4O. The second-order valence-electron chi connectivity index (χ2n) is 4.89. The van der Waals surface area contributed by atoms with Gasteiger partial charge in [0.1, 0.15) is 0 Å². The Balaban J connectivity index is 2.06. The highest BCUT2D eigenvalue weighted by Crippen LogP contribution is 2.18. The molecule has 0 radical (unpaired) electrons. The van der Waals surface area contributed by atoms with Crippen molar-refractivity contribution < 1.29 is 4.79 Å². The van der Waals surface area contributed by atoms with Gasteiger partial charge in [-0.15, -0.1) is 0 Å². The van der Waals surface area contributed by atoms with Crippen molar-refractivity contribution in [2.75, 3.05) is 11.9 Å². The van der Waals surface area contributed by atoms with Gasteiger partial charge in [0.25, 0.3) is 5.91 Å². The molecule has 1 amide bonds. The van der Waals surface area contributed by atoms with Gasteiger partial charge in [-0.25, -0.2) is 0 Å². The van der Waals surface area contributed by atoms with E-state index in [1.807, 2.05) is 18.2 Å². The topological polar surface area (TPSA) is 66.9 Å². The molecule has 5 nitrogen and oxygen atoms in total. The molecule has 1 aromatic heterocycles. The van der Waals surface area contributed by atoms with Crippen molar-refractivity contribution >= 4 is 11.6 Å². The molecule has 110 valence electrons. The first-order chi connectivity index (χ1) is 10.2. The highest BCUT2D eigenvalue weighted by molar-refractivity contribution is 6.03. The lowest BCUT2D eigenvalue weighted by molar-refractivity contribution is 0.102. The van der Waals surface area contributed by atoms with Crippen molar-refractivity contribution in [3.05, 3.63) is 53.9 Å². The van der Waals surface area contributed by atoms with Crippen molar-refractivity contribution in [1.29, 1.82) is 0 Å². The minimum Gasteiger partial charge on any atom is -0.322 e. The highest BCUT2D eigenvalue weighted by atomic mass is 16.1. The number of hydrogen-bond donors (Lipinski definition) is 2. The van der Waals surface area contributed by atoms with Crippen LogP contribution in [0, 0.1) is 0 Å². The summed E-state index contributed by atoms with van der Waals surface area (Å²) in [6, 6.07) is 9.75. The maximum atomic E-state index is 12.1. The van der Waals surface area contributed by atoms with Gasteiger partial charge in [0, 0.05) is 11.7 Å². The zero-order valence-electron chi connectivity index (χ0n) is 12.3. The lowest BCUT2D eigenvalue weighted by atomic mass is 10.1. The molecule has 1 heterocycles. The van der Waals surface area contributed by atoms with Crippen LogP contribution in [-0.4, -0.2) is 22.6 Å². The molecule has 2 aromatic rings. The summed E-state index contributed by atoms with van der Waals surface area (Å²) in [5.74, 6) is -0.184. The van der Waals surface area contributed by atoms with Gasteiger partial charge >= 0.3 is 0 Å². The van der Waals surface area contributed by atoms with Crippen molar-refractivity contribution in [1.82, 2.24) is 15.5 Å². The van der Waals surface area contributed by atoms with E-state index in [1.54, 1.807) is 6.07 Å². The Morgan fingerprint density at radius 2 is 2.14 bits per heavy atom. The van der Waals surface area contributed by atoms with Crippen LogP contribution in [0.5, 0.6) is 0 Å². The van der Waals surface area contributed by atoms with E-state index in [1.165, 1.54) is 12.4 Å². The first-order valence-corrected chi connectivity index (χ1v) is 7.12. The van der Waals surface area contributed by atoms with E-state index >= 15 is 0 Å². The average molecular weight is 284 g/mol. The summed E-state index contributed by atoms with van der Waals surface area (Å²) in [5, 5.41) is 13.7. The van der Waals surface area contributed by atoms with E-state index in [9.17, 15) is 4.79 Å². The van der Waals surface area contributed by atoms with Crippen LogP contribution in [0.3, 0.4) is 0 Å². The normalized spacial score (nSPS) is 11.9. The molecule has 0 aliphatic carbocycles. The third-order valence-corrected chi connectivity index (χ3v) is 3.19. The van der Waals surface area contributed by atoms with E-state index in [2.05, 4.69) is 40.7 Å². The summed E-state index contributed by atoms with van der Waals surface area (Å²) in [6.45, 7) is 5.23. The third-order valence-electron chi connectivity index (χ3n) is 3.19. The predicted octanol–water partition coefficient (Wildman–Crippen LogP) is 2.79. The largest absolute Gasteiger partial charge is 0.322 e. The number of amides is 1. The first kappa shape index (κ1) is 15.1. The number of hydrogen-bond acceptors (Lipinski definition) is 4. The van der Waals surface area contributed by atoms with Crippen molar-refractivity contribution in [3.63, 3.8) is 0 Å². The molecule has 0 bridgehead atoms. The van der Waals surface area contributed by atoms with E-state index in [4.69, 9.17) is 0 Å². The standard InChI is InChI=1S/C16H20N4O/c1-3-8-17-12(2)13-5-4-6-15(10-13)20-16(21)14-7-9-18-19-11-14/h4-7,9-12,17H,3,8H2,1-2H3,(H,20,21). The SMILES string of the molecule is CCCNC(C)c1cccc(NC(=O)c2ccnnc2)c1. The highest BCUT2D eigenvalue weighted by Gasteiger charge is 2.08. The van der Waals surface area contributed by atoms with Gasteiger partial charge in [0.2, 0.25) is 0 Å². The molecule has 0 spiro atoms. The number of benzene rings is 1. The van der Waals surface area contributed by atoms with Gasteiger partial charge in [0.05, 0.1) is 18.0 Å². The molecule has 2 rings (SSSR count). The third kappa shape index (κ3) is 4.36. The zero-order chi connectivity index (χ0) is 15.1. The molecule has 21 heavy (non-hydrogen) atoms. The molecule has 1 unspecified atom stereocenters. The smallest absolute Gasteiger partial charge is 0.257 e. The maximum Gasteiger partial charge on any atom is 0.257 e. The summed E-state index contributed by atoms with van der Waals surface area (Å²) in [6.07, 6.45) is 4.04. The molecule has 0 aliphatic heterocycles. The van der Waals surface area contributed by atoms with Gasteiger partial charge in [-0.05, 0) is 43.7 Å². The summed E-state index contributed by atoms with van der Waals surface area (Å²) >= 11 is 0. The fraction of sp³-hybridized carbons (Fsp3) is 0.312. The van der Waals surface area contributed by atoms with Crippen molar-refractivity contribution in [3.8, 4) is 0 Å². The molecule has 1 aromatic carbocycles. The van der Waals surface area contributed by atoms with Gasteiger partial charge in [-0.1, -0.05) is 19.1 Å². The molecular weight excluding hydrogens is 264 g/mol. The van der Waals surface area contributed by atoms with Crippen molar-refractivity contribution in [2.45, 2.75) is 26.3 Å². The van der Waals surface area contributed by atoms with Crippen LogP contribution in [0.2, 0.25) is 0 Å². The van der Waals surface area contributed by atoms with E-state index < -0.39 is 0 Å². The molecule has 1 atom stereocenters. The van der Waals surface area contributed by atoms with E-state index in [-0.39, 0.29) is 11.9 Å². The predicted molar refractivity (Wildman–Crippen MR) is 83.1 cm³/mol. The molecule has 0 fully saturated rings. The fourth-order valence-corrected chi connectivity index (χ4v) is 1.99. The summed E-state index contributed by atoms with van der Waals surface area (Å²) in [7, 11) is 0. The Hall–Kier alpha value is -2.27. The van der Waals surface area contributed by atoms with Gasteiger partial charge in [-0.3, -0.25) is 4.79 Å². The van der Waals surface area contributed by atoms with Gasteiger partial charge in [0.15, 0.2) is 0 Å².